The number of hydrogen-bond acceptors (Lipinski definition) is 3. The van der Waals surface area contributed by atoms with Gasteiger partial charge in [0.2, 0.25) is 5.88 Å². The summed E-state index contributed by atoms with van der Waals surface area (Å²) in [5.74, 6) is 0.684. The first-order valence-corrected chi connectivity index (χ1v) is 7.13. The molecule has 1 aliphatic heterocycles. The lowest BCUT2D eigenvalue weighted by Gasteiger charge is -2.18. The number of hydrogen-bond donors (Lipinski definition) is 1. The van der Waals surface area contributed by atoms with Crippen LogP contribution in [-0.4, -0.2) is 41.1 Å². The van der Waals surface area contributed by atoms with Crippen LogP contribution < -0.4 is 4.74 Å². The molecule has 1 aliphatic carbocycles. The third-order valence-corrected chi connectivity index (χ3v) is 4.40. The number of pyridine rings is 1. The lowest BCUT2D eigenvalue weighted by molar-refractivity contribution is 0.277. The van der Waals surface area contributed by atoms with Gasteiger partial charge in [-0.15, -0.1) is 0 Å². The van der Waals surface area contributed by atoms with E-state index in [4.69, 9.17) is 4.74 Å². The fraction of sp³-hybridized carbons (Fsp3) is 0.533. The predicted molar refractivity (Wildman–Crippen MR) is 74.6 cm³/mol. The van der Waals surface area contributed by atoms with Gasteiger partial charge in [0.1, 0.15) is 5.65 Å². The van der Waals surface area contributed by atoms with Crippen LogP contribution in [0.25, 0.3) is 11.0 Å². The molecule has 0 saturated heterocycles. The largest absolute Gasteiger partial charge is 0.481 e. The van der Waals surface area contributed by atoms with E-state index in [1.807, 2.05) is 6.07 Å². The van der Waals surface area contributed by atoms with Crippen LogP contribution in [-0.2, 0) is 12.8 Å². The second-order valence-electron chi connectivity index (χ2n) is 5.60. The first-order valence-electron chi connectivity index (χ1n) is 7.13. The summed E-state index contributed by atoms with van der Waals surface area (Å²) in [5.41, 5.74) is 3.82. The van der Waals surface area contributed by atoms with E-state index in [1.165, 1.54) is 42.6 Å². The van der Waals surface area contributed by atoms with Crippen molar-refractivity contribution in [2.75, 3.05) is 20.2 Å². The van der Waals surface area contributed by atoms with Gasteiger partial charge < -0.3 is 9.72 Å². The lowest BCUT2D eigenvalue weighted by atomic mass is 10.1. The van der Waals surface area contributed by atoms with Crippen molar-refractivity contribution in [3.8, 4) is 5.88 Å². The molecule has 0 unspecified atom stereocenters. The van der Waals surface area contributed by atoms with Crippen molar-refractivity contribution in [3.63, 3.8) is 0 Å². The molecule has 2 aliphatic rings. The van der Waals surface area contributed by atoms with E-state index in [-0.39, 0.29) is 0 Å². The van der Waals surface area contributed by atoms with Crippen LogP contribution in [0.15, 0.2) is 12.1 Å². The van der Waals surface area contributed by atoms with E-state index < -0.39 is 0 Å². The number of aromatic amines is 1. The quantitative estimate of drug-likeness (QED) is 0.896. The van der Waals surface area contributed by atoms with Gasteiger partial charge in [-0.2, -0.15) is 4.98 Å². The molecule has 4 rings (SSSR count). The predicted octanol–water partition coefficient (Wildman–Crippen LogP) is 2.13. The van der Waals surface area contributed by atoms with Gasteiger partial charge in [-0.05, 0) is 30.9 Å². The highest BCUT2D eigenvalue weighted by Crippen LogP contribution is 2.31. The molecule has 100 valence electrons. The van der Waals surface area contributed by atoms with Crippen LogP contribution in [0.4, 0.5) is 0 Å². The van der Waals surface area contributed by atoms with Gasteiger partial charge in [-0.3, -0.25) is 4.90 Å². The lowest BCUT2D eigenvalue weighted by Crippen LogP contribution is -2.28. The Kier molecular flexibility index (Phi) is 2.52. The van der Waals surface area contributed by atoms with Gasteiger partial charge in [-0.25, -0.2) is 0 Å². The Labute approximate surface area is 112 Å². The Morgan fingerprint density at radius 2 is 2.11 bits per heavy atom. The van der Waals surface area contributed by atoms with E-state index in [0.717, 1.165) is 24.5 Å². The second kappa shape index (κ2) is 4.23. The standard InChI is InChI=1S/C15H19N3O/c1-19-14-5-4-12-11-6-8-18(10-2-3-10)9-7-13(11)16-15(12)17-14/h4-5,10H,2-3,6-9H2,1H3,(H,16,17). The number of H-pyrrole nitrogens is 1. The van der Waals surface area contributed by atoms with Crippen LogP contribution in [0, 0.1) is 0 Å². The molecule has 3 heterocycles. The highest BCUT2D eigenvalue weighted by Gasteiger charge is 2.30. The summed E-state index contributed by atoms with van der Waals surface area (Å²) >= 11 is 0. The van der Waals surface area contributed by atoms with Gasteiger partial charge in [-0.1, -0.05) is 0 Å². The number of ether oxygens (including phenoxy) is 1. The van der Waals surface area contributed by atoms with Crippen molar-refractivity contribution in [2.45, 2.75) is 31.7 Å². The van der Waals surface area contributed by atoms with Crippen LogP contribution in [0.3, 0.4) is 0 Å². The van der Waals surface area contributed by atoms with E-state index in [2.05, 4.69) is 20.9 Å². The Morgan fingerprint density at radius 1 is 1.26 bits per heavy atom. The Bertz CT molecular complexity index is 615. The summed E-state index contributed by atoms with van der Waals surface area (Å²) in [4.78, 5) is 10.6. The number of fused-ring (bicyclic) bond motifs is 3. The Hall–Kier alpha value is -1.55. The van der Waals surface area contributed by atoms with Gasteiger partial charge in [0.25, 0.3) is 0 Å². The van der Waals surface area contributed by atoms with Crippen LogP contribution in [0.1, 0.15) is 24.1 Å². The molecule has 0 radical (unpaired) electrons. The van der Waals surface area contributed by atoms with Crippen molar-refractivity contribution in [2.24, 2.45) is 0 Å². The highest BCUT2D eigenvalue weighted by atomic mass is 16.5. The number of rotatable bonds is 2. The summed E-state index contributed by atoms with van der Waals surface area (Å²) in [6, 6.07) is 4.97. The zero-order chi connectivity index (χ0) is 12.8. The monoisotopic (exact) mass is 257 g/mol. The zero-order valence-corrected chi connectivity index (χ0v) is 11.3. The topological polar surface area (TPSA) is 41.1 Å². The second-order valence-corrected chi connectivity index (χ2v) is 5.60. The van der Waals surface area contributed by atoms with Gasteiger partial charge in [0, 0.05) is 42.7 Å². The average molecular weight is 257 g/mol. The molecule has 0 atom stereocenters. The first kappa shape index (κ1) is 11.3. The molecule has 0 aromatic carbocycles. The molecule has 2 aromatic heterocycles. The first-order chi connectivity index (χ1) is 9.35. The summed E-state index contributed by atoms with van der Waals surface area (Å²) in [7, 11) is 1.66. The summed E-state index contributed by atoms with van der Waals surface area (Å²) < 4.78 is 5.20. The maximum atomic E-state index is 5.20. The molecule has 1 fully saturated rings. The van der Waals surface area contributed by atoms with Gasteiger partial charge >= 0.3 is 0 Å². The van der Waals surface area contributed by atoms with Crippen molar-refractivity contribution in [1.29, 1.82) is 0 Å². The normalized spacial score (nSPS) is 20.3. The Morgan fingerprint density at radius 3 is 2.89 bits per heavy atom. The maximum absolute atomic E-state index is 5.20. The smallest absolute Gasteiger partial charge is 0.214 e. The van der Waals surface area contributed by atoms with Gasteiger partial charge in [0.15, 0.2) is 0 Å². The van der Waals surface area contributed by atoms with Crippen LogP contribution in [0.2, 0.25) is 0 Å². The third kappa shape index (κ3) is 1.91. The fourth-order valence-electron chi connectivity index (χ4n) is 3.20. The SMILES string of the molecule is COc1ccc2c3c([nH]c2n1)CCN(C1CC1)CC3. The van der Waals surface area contributed by atoms with E-state index in [0.29, 0.717) is 5.88 Å². The van der Waals surface area contributed by atoms with Crippen molar-refractivity contribution >= 4 is 11.0 Å². The molecule has 4 nitrogen and oxygen atoms in total. The number of nitrogens with one attached hydrogen (secondary N) is 1. The molecule has 4 heteroatoms. The van der Waals surface area contributed by atoms with Gasteiger partial charge in [0.05, 0.1) is 7.11 Å². The summed E-state index contributed by atoms with van der Waals surface area (Å²) in [6.45, 7) is 2.37. The van der Waals surface area contributed by atoms with E-state index in [9.17, 15) is 0 Å². The number of aromatic nitrogens is 2. The summed E-state index contributed by atoms with van der Waals surface area (Å²) in [6.07, 6.45) is 5.05. The molecular formula is C15H19N3O. The molecule has 0 bridgehead atoms. The number of methoxy groups -OCH3 is 1. The minimum Gasteiger partial charge on any atom is -0.481 e. The molecule has 2 aromatic rings. The van der Waals surface area contributed by atoms with E-state index >= 15 is 0 Å². The number of nitrogens with zero attached hydrogens (tertiary/aromatic N) is 2. The maximum Gasteiger partial charge on any atom is 0.214 e. The van der Waals surface area contributed by atoms with Crippen LogP contribution >= 0.6 is 0 Å². The van der Waals surface area contributed by atoms with Crippen molar-refractivity contribution in [3.05, 3.63) is 23.4 Å². The molecular weight excluding hydrogens is 238 g/mol. The van der Waals surface area contributed by atoms with Crippen LogP contribution in [0.5, 0.6) is 5.88 Å². The fourth-order valence-corrected chi connectivity index (χ4v) is 3.20. The third-order valence-electron chi connectivity index (χ3n) is 4.40. The van der Waals surface area contributed by atoms with E-state index in [1.54, 1.807) is 7.11 Å². The summed E-state index contributed by atoms with van der Waals surface area (Å²) in [5, 5.41) is 1.27. The molecule has 0 spiro atoms. The van der Waals surface area contributed by atoms with Crippen molar-refractivity contribution < 1.29 is 4.74 Å². The highest BCUT2D eigenvalue weighted by molar-refractivity contribution is 5.82. The molecule has 1 N–H and O–H groups in total. The van der Waals surface area contributed by atoms with Crippen molar-refractivity contribution in [1.82, 2.24) is 14.9 Å². The molecule has 19 heavy (non-hydrogen) atoms. The Balaban J connectivity index is 1.70. The minimum absolute atomic E-state index is 0.684. The average Bonchev–Trinajstić information content (AvgIpc) is 3.23. The minimum atomic E-state index is 0.684. The molecule has 0 amide bonds. The zero-order valence-electron chi connectivity index (χ0n) is 11.3. The molecule has 1 saturated carbocycles.